The number of hydrogen-bond donors (Lipinski definition) is 8. The van der Waals surface area contributed by atoms with E-state index in [1.54, 1.807) is 0 Å². The van der Waals surface area contributed by atoms with E-state index in [4.69, 9.17) is 39.4 Å². The summed E-state index contributed by atoms with van der Waals surface area (Å²) >= 11 is 0. The number of aliphatic hydroxyl groups is 3. The number of carbonyl (C=O) groups is 6. The number of aliphatic hydroxyl groups excluding tert-OH is 2. The molecule has 1 aliphatic carbocycles. The fourth-order valence-electron chi connectivity index (χ4n) is 4.47. The second-order valence-corrected chi connectivity index (χ2v) is 10.8. The quantitative estimate of drug-likeness (QED) is 0.0593. The normalized spacial score (nSPS) is 19.7. The number of carbonyl (C=O) groups excluding carboxylic acids is 1. The van der Waals surface area contributed by atoms with Gasteiger partial charge < -0.3 is 59.8 Å². The van der Waals surface area contributed by atoms with E-state index in [2.05, 4.69) is 0 Å². The zero-order valence-corrected chi connectivity index (χ0v) is 23.9. The maximum Gasteiger partial charge on any atom is 0.337 e. The van der Waals surface area contributed by atoms with Gasteiger partial charge in [0.2, 0.25) is 0 Å². The van der Waals surface area contributed by atoms with Crippen LogP contribution in [0.15, 0.2) is 0 Å². The Hall–Kier alpha value is -3.42. The molecule has 1 saturated carbocycles. The highest BCUT2D eigenvalue weighted by molar-refractivity contribution is 5.89. The summed E-state index contributed by atoms with van der Waals surface area (Å²) in [6.07, 6.45) is -4.12. The largest absolute Gasteiger partial charge is 0.481 e. The van der Waals surface area contributed by atoms with Crippen molar-refractivity contribution < 1.29 is 88.6 Å². The predicted molar refractivity (Wildman–Crippen MR) is 140 cm³/mol. The standard InChI is InChI=1S/C26H40O18/c27-17(13-43-22(35)8-25(40,23(36)37)5-19(29)30)11-41-9-15-1-3-16(4-2-15)10-42-12-18(28)14-44-26(24(38)39,6-20(31)32)7-21(33)34/h15-18,27-28,40H,1-14H2,(H,29,30)(H,31,32)(H,33,34)(H,36,37)(H,38,39). The van der Waals surface area contributed by atoms with E-state index in [9.17, 15) is 49.2 Å². The second kappa shape index (κ2) is 18.4. The molecule has 0 radical (unpaired) electrons. The minimum absolute atomic E-state index is 0.145. The van der Waals surface area contributed by atoms with Crippen LogP contribution in [0.25, 0.3) is 0 Å². The monoisotopic (exact) mass is 640 g/mol. The van der Waals surface area contributed by atoms with Crippen LogP contribution < -0.4 is 0 Å². The Bertz CT molecular complexity index is 973. The van der Waals surface area contributed by atoms with Crippen LogP contribution in [-0.4, -0.2) is 140 Å². The van der Waals surface area contributed by atoms with E-state index in [0.29, 0.717) is 6.61 Å². The van der Waals surface area contributed by atoms with E-state index in [0.717, 1.165) is 25.7 Å². The van der Waals surface area contributed by atoms with Gasteiger partial charge in [0, 0.05) is 13.2 Å². The third-order valence-corrected chi connectivity index (χ3v) is 6.82. The molecular weight excluding hydrogens is 600 g/mol. The molecule has 18 nitrogen and oxygen atoms in total. The van der Waals surface area contributed by atoms with E-state index in [-0.39, 0.29) is 31.7 Å². The third kappa shape index (κ3) is 14.4. The number of carboxylic acids is 5. The van der Waals surface area contributed by atoms with Gasteiger partial charge in [-0.05, 0) is 37.5 Å². The Labute approximate surface area is 251 Å². The molecule has 252 valence electrons. The summed E-state index contributed by atoms with van der Waals surface area (Å²) in [5.41, 5.74) is -5.39. The topological polar surface area (TPSA) is 301 Å². The molecule has 18 heteroatoms. The smallest absolute Gasteiger partial charge is 0.337 e. The highest BCUT2D eigenvalue weighted by Crippen LogP contribution is 2.29. The van der Waals surface area contributed by atoms with Gasteiger partial charge in [0.15, 0.2) is 11.2 Å². The van der Waals surface area contributed by atoms with Crippen molar-refractivity contribution in [2.75, 3.05) is 39.6 Å². The zero-order chi connectivity index (χ0) is 33.5. The van der Waals surface area contributed by atoms with Crippen molar-refractivity contribution in [1.82, 2.24) is 0 Å². The van der Waals surface area contributed by atoms with Crippen LogP contribution in [0.3, 0.4) is 0 Å². The molecule has 0 aromatic carbocycles. The van der Waals surface area contributed by atoms with Crippen molar-refractivity contribution in [3.05, 3.63) is 0 Å². The van der Waals surface area contributed by atoms with Crippen molar-refractivity contribution in [1.29, 1.82) is 0 Å². The Morgan fingerprint density at radius 2 is 1.05 bits per heavy atom. The van der Waals surface area contributed by atoms with Crippen molar-refractivity contribution in [2.45, 2.75) is 74.8 Å². The predicted octanol–water partition coefficient (Wildman–Crippen LogP) is -1.44. The van der Waals surface area contributed by atoms with Crippen molar-refractivity contribution in [3.63, 3.8) is 0 Å². The number of carboxylic acid groups (broad SMARTS) is 5. The van der Waals surface area contributed by atoms with Gasteiger partial charge in [-0.1, -0.05) is 0 Å². The SMILES string of the molecule is O=C(O)CC(O)(CC(=O)OCC(O)COCC1CCC(COCC(O)COC(CC(=O)O)(CC(=O)O)C(=O)O)CC1)C(=O)O. The maximum absolute atomic E-state index is 11.8. The van der Waals surface area contributed by atoms with Crippen LogP contribution in [0.2, 0.25) is 0 Å². The summed E-state index contributed by atoms with van der Waals surface area (Å²) in [5, 5.41) is 74.8. The van der Waals surface area contributed by atoms with Gasteiger partial charge in [-0.3, -0.25) is 19.2 Å². The minimum atomic E-state index is -2.84. The molecular formula is C26H40O18. The highest BCUT2D eigenvalue weighted by atomic mass is 16.6. The van der Waals surface area contributed by atoms with Crippen LogP contribution in [-0.2, 0) is 47.7 Å². The summed E-state index contributed by atoms with van der Waals surface area (Å²) in [4.78, 5) is 67.2. The Balaban J connectivity index is 2.30. The first-order valence-electron chi connectivity index (χ1n) is 13.6. The van der Waals surface area contributed by atoms with Crippen LogP contribution in [0.1, 0.15) is 51.4 Å². The van der Waals surface area contributed by atoms with E-state index < -0.39 is 98.1 Å². The van der Waals surface area contributed by atoms with E-state index >= 15 is 0 Å². The summed E-state index contributed by atoms with van der Waals surface area (Å²) in [7, 11) is 0. The minimum Gasteiger partial charge on any atom is -0.481 e. The van der Waals surface area contributed by atoms with Gasteiger partial charge in [-0.2, -0.15) is 0 Å². The van der Waals surface area contributed by atoms with Crippen molar-refractivity contribution in [2.24, 2.45) is 11.8 Å². The van der Waals surface area contributed by atoms with E-state index in [1.807, 2.05) is 0 Å². The van der Waals surface area contributed by atoms with Crippen LogP contribution in [0, 0.1) is 11.8 Å². The first kappa shape index (κ1) is 38.6. The van der Waals surface area contributed by atoms with Crippen molar-refractivity contribution in [3.8, 4) is 0 Å². The molecule has 8 N–H and O–H groups in total. The summed E-state index contributed by atoms with van der Waals surface area (Å²) in [6.45, 7) is -1.10. The molecule has 0 amide bonds. The molecule has 1 rings (SSSR count). The third-order valence-electron chi connectivity index (χ3n) is 6.82. The lowest BCUT2D eigenvalue weighted by Crippen LogP contribution is -2.47. The van der Waals surface area contributed by atoms with Gasteiger partial charge >= 0.3 is 35.8 Å². The van der Waals surface area contributed by atoms with Gasteiger partial charge in [-0.25, -0.2) is 9.59 Å². The fraction of sp³-hybridized carbons (Fsp3) is 0.769. The number of rotatable bonds is 23. The van der Waals surface area contributed by atoms with Crippen LogP contribution in [0.4, 0.5) is 0 Å². The molecule has 0 bridgehead atoms. The van der Waals surface area contributed by atoms with Gasteiger partial charge in [0.1, 0.15) is 18.8 Å². The lowest BCUT2D eigenvalue weighted by Gasteiger charge is -2.29. The van der Waals surface area contributed by atoms with E-state index in [1.165, 1.54) is 0 Å². The second-order valence-electron chi connectivity index (χ2n) is 10.8. The molecule has 1 fully saturated rings. The fourth-order valence-corrected chi connectivity index (χ4v) is 4.47. The van der Waals surface area contributed by atoms with Crippen LogP contribution in [0.5, 0.6) is 0 Å². The lowest BCUT2D eigenvalue weighted by atomic mass is 9.83. The molecule has 0 saturated heterocycles. The van der Waals surface area contributed by atoms with Crippen molar-refractivity contribution >= 4 is 35.8 Å². The molecule has 3 atom stereocenters. The molecule has 44 heavy (non-hydrogen) atoms. The highest BCUT2D eigenvalue weighted by Gasteiger charge is 2.45. The number of esters is 1. The molecule has 0 heterocycles. The summed E-state index contributed by atoms with van der Waals surface area (Å²) in [6, 6.07) is 0. The number of hydrogen-bond acceptors (Lipinski definition) is 13. The average Bonchev–Trinajstić information content (AvgIpc) is 2.90. The molecule has 0 spiro atoms. The molecule has 3 unspecified atom stereocenters. The zero-order valence-electron chi connectivity index (χ0n) is 23.9. The average molecular weight is 641 g/mol. The molecule has 1 aliphatic rings. The van der Waals surface area contributed by atoms with Gasteiger partial charge in [0.25, 0.3) is 0 Å². The van der Waals surface area contributed by atoms with Crippen LogP contribution >= 0.6 is 0 Å². The Kier molecular flexibility index (Phi) is 16.1. The molecule has 0 aliphatic heterocycles. The summed E-state index contributed by atoms with van der Waals surface area (Å²) in [5.74, 6) is -9.37. The number of ether oxygens (including phenoxy) is 4. The Morgan fingerprint density at radius 1 is 0.614 bits per heavy atom. The first-order valence-corrected chi connectivity index (χ1v) is 13.6. The first-order chi connectivity index (χ1) is 20.5. The Morgan fingerprint density at radius 3 is 1.43 bits per heavy atom. The maximum atomic E-state index is 11.8. The lowest BCUT2D eigenvalue weighted by molar-refractivity contribution is -0.183. The van der Waals surface area contributed by atoms with Gasteiger partial charge in [0.05, 0.1) is 45.5 Å². The molecule has 0 aromatic heterocycles. The number of aliphatic carboxylic acids is 5. The summed E-state index contributed by atoms with van der Waals surface area (Å²) < 4.78 is 20.7. The van der Waals surface area contributed by atoms with Gasteiger partial charge in [-0.15, -0.1) is 0 Å². The molecule has 0 aromatic rings.